The summed E-state index contributed by atoms with van der Waals surface area (Å²) in [5.74, 6) is 0. The molecule has 12 aromatic rings. The van der Waals surface area contributed by atoms with Crippen molar-refractivity contribution in [2.24, 2.45) is 0 Å². The molecule has 0 aliphatic heterocycles. The molecule has 12 rings (SSSR count). The fourth-order valence-corrected chi connectivity index (χ4v) is 9.67. The molecule has 54 heavy (non-hydrogen) atoms. The molecule has 0 radical (unpaired) electrons. The number of fused-ring (bicyclic) bond motifs is 13. The normalized spacial score (nSPS) is 12.1. The number of hydrogen-bond acceptors (Lipinski definition) is 4. The predicted octanol–water partition coefficient (Wildman–Crippen LogP) is 15.3. The van der Waals surface area contributed by atoms with Gasteiger partial charge in [0, 0.05) is 58.5 Å². The Kier molecular flexibility index (Phi) is 6.21. The lowest BCUT2D eigenvalue weighted by atomic mass is 9.98. The smallest absolute Gasteiger partial charge is 0.143 e. The van der Waals surface area contributed by atoms with Gasteiger partial charge < -0.3 is 13.7 Å². The molecule has 0 aliphatic rings. The molecular weight excluding hydrogens is 679 g/mol. The summed E-state index contributed by atoms with van der Waals surface area (Å²) in [6.45, 7) is 0. The Labute approximate surface area is 313 Å². The van der Waals surface area contributed by atoms with E-state index in [-0.39, 0.29) is 0 Å². The molecule has 0 saturated carbocycles. The molecule has 0 N–H and O–H groups in total. The van der Waals surface area contributed by atoms with Crippen LogP contribution in [-0.4, -0.2) is 0 Å². The molecule has 0 atom stereocenters. The van der Waals surface area contributed by atoms with Crippen LogP contribution >= 0.6 is 11.3 Å². The van der Waals surface area contributed by atoms with Crippen molar-refractivity contribution in [2.75, 3.05) is 4.90 Å². The van der Waals surface area contributed by atoms with E-state index in [1.807, 2.05) is 11.3 Å². The molecule has 9 aromatic carbocycles. The first-order valence-corrected chi connectivity index (χ1v) is 19.1. The topological polar surface area (TPSA) is 29.5 Å². The summed E-state index contributed by atoms with van der Waals surface area (Å²) in [5, 5.41) is 11.6. The van der Waals surface area contributed by atoms with Crippen molar-refractivity contribution in [1.29, 1.82) is 0 Å². The van der Waals surface area contributed by atoms with Crippen LogP contribution in [0.3, 0.4) is 0 Å². The van der Waals surface area contributed by atoms with Gasteiger partial charge in [0.15, 0.2) is 0 Å². The van der Waals surface area contributed by atoms with E-state index in [9.17, 15) is 0 Å². The maximum Gasteiger partial charge on any atom is 0.143 e. The molecule has 0 amide bonds. The van der Waals surface area contributed by atoms with Crippen LogP contribution in [0.5, 0.6) is 0 Å². The number of rotatable bonds is 4. The lowest BCUT2D eigenvalue weighted by Gasteiger charge is -2.26. The Bertz CT molecular complexity index is 3460. The molecule has 0 bridgehead atoms. The largest absolute Gasteiger partial charge is 0.455 e. The lowest BCUT2D eigenvalue weighted by molar-refractivity contribution is 0.672. The van der Waals surface area contributed by atoms with E-state index in [0.29, 0.717) is 0 Å². The highest BCUT2D eigenvalue weighted by molar-refractivity contribution is 7.25. The van der Waals surface area contributed by atoms with Crippen molar-refractivity contribution in [2.45, 2.75) is 0 Å². The Morgan fingerprint density at radius 1 is 0.389 bits per heavy atom. The fourth-order valence-electron chi connectivity index (χ4n) is 8.59. The van der Waals surface area contributed by atoms with Gasteiger partial charge in [-0.15, -0.1) is 11.3 Å². The third-order valence-corrected chi connectivity index (χ3v) is 12.2. The number of furan rings is 2. The quantitative estimate of drug-likeness (QED) is 0.182. The minimum Gasteiger partial charge on any atom is -0.455 e. The second-order valence-corrected chi connectivity index (χ2v) is 15.1. The highest BCUT2D eigenvalue weighted by atomic mass is 32.1. The van der Waals surface area contributed by atoms with Crippen LogP contribution in [0.15, 0.2) is 185 Å². The summed E-state index contributed by atoms with van der Waals surface area (Å²) in [6.07, 6.45) is 0. The molecule has 3 aromatic heterocycles. The molecule has 4 heteroatoms. The minimum absolute atomic E-state index is 0.869. The van der Waals surface area contributed by atoms with Crippen LogP contribution in [0.4, 0.5) is 17.1 Å². The van der Waals surface area contributed by atoms with Crippen LogP contribution < -0.4 is 4.90 Å². The van der Waals surface area contributed by atoms with Gasteiger partial charge in [0.25, 0.3) is 0 Å². The van der Waals surface area contributed by atoms with Crippen molar-refractivity contribution < 1.29 is 8.83 Å². The van der Waals surface area contributed by atoms with Gasteiger partial charge in [-0.2, -0.15) is 0 Å². The summed E-state index contributed by atoms with van der Waals surface area (Å²) in [5.41, 5.74) is 9.13. The number of hydrogen-bond donors (Lipinski definition) is 0. The van der Waals surface area contributed by atoms with E-state index in [0.717, 1.165) is 82.8 Å². The number of benzene rings is 9. The van der Waals surface area contributed by atoms with E-state index >= 15 is 0 Å². The maximum absolute atomic E-state index is 6.68. The van der Waals surface area contributed by atoms with Gasteiger partial charge in [-0.25, -0.2) is 0 Å². The summed E-state index contributed by atoms with van der Waals surface area (Å²) in [7, 11) is 0. The van der Waals surface area contributed by atoms with Gasteiger partial charge in [-0.05, 0) is 88.6 Å². The second kappa shape index (κ2) is 11.3. The first-order chi connectivity index (χ1) is 26.8. The second-order valence-electron chi connectivity index (χ2n) is 14.0. The van der Waals surface area contributed by atoms with Gasteiger partial charge in [-0.1, -0.05) is 109 Å². The zero-order valence-electron chi connectivity index (χ0n) is 28.9. The molecule has 0 fully saturated rings. The van der Waals surface area contributed by atoms with Crippen LogP contribution in [0.2, 0.25) is 0 Å². The summed E-state index contributed by atoms with van der Waals surface area (Å²) in [6, 6.07) is 63.1. The Morgan fingerprint density at radius 3 is 1.72 bits per heavy atom. The van der Waals surface area contributed by atoms with Crippen LogP contribution in [0.25, 0.3) is 96.7 Å². The zero-order valence-corrected chi connectivity index (χ0v) is 29.7. The molecule has 252 valence electrons. The lowest BCUT2D eigenvalue weighted by Crippen LogP contribution is -2.10. The first kappa shape index (κ1) is 29.7. The van der Waals surface area contributed by atoms with Crippen LogP contribution in [0.1, 0.15) is 0 Å². The molecule has 0 spiro atoms. The third-order valence-electron chi connectivity index (χ3n) is 11.0. The van der Waals surface area contributed by atoms with Gasteiger partial charge in [0.05, 0.1) is 11.1 Å². The van der Waals surface area contributed by atoms with E-state index in [1.165, 1.54) is 30.9 Å². The molecule has 3 heterocycles. The Hall–Kier alpha value is -6.88. The van der Waals surface area contributed by atoms with Crippen LogP contribution in [0, 0.1) is 0 Å². The van der Waals surface area contributed by atoms with Gasteiger partial charge in [0.2, 0.25) is 0 Å². The standard InChI is InChI=1S/C50H29NO2S/c1-3-11-36-30(9-1)21-26-39-47-35(14-7-16-43(47)52-49(36)39)32-19-23-33(24-20-32)51(34-25-28-46-41(29-34)38-13-5-6-18-45(38)54-46)42-15-8-17-44-48(42)40-27-22-31-10-2-4-12-37(31)50(40)53-44/h1-29H. The summed E-state index contributed by atoms with van der Waals surface area (Å²) >= 11 is 1.84. The van der Waals surface area contributed by atoms with Gasteiger partial charge >= 0.3 is 0 Å². The highest BCUT2D eigenvalue weighted by Gasteiger charge is 2.22. The Balaban J connectivity index is 1.08. The Morgan fingerprint density at radius 2 is 0.981 bits per heavy atom. The first-order valence-electron chi connectivity index (χ1n) is 18.2. The van der Waals surface area contributed by atoms with Crippen molar-refractivity contribution in [3.05, 3.63) is 176 Å². The average Bonchev–Trinajstić information content (AvgIpc) is 3.93. The van der Waals surface area contributed by atoms with Crippen molar-refractivity contribution in [3.8, 4) is 11.1 Å². The molecule has 0 aliphatic carbocycles. The highest BCUT2D eigenvalue weighted by Crippen LogP contribution is 2.47. The molecule has 0 saturated heterocycles. The maximum atomic E-state index is 6.68. The van der Waals surface area contributed by atoms with E-state index in [1.54, 1.807) is 0 Å². The average molecular weight is 708 g/mol. The van der Waals surface area contributed by atoms with E-state index in [4.69, 9.17) is 8.83 Å². The summed E-state index contributed by atoms with van der Waals surface area (Å²) < 4.78 is 15.8. The fraction of sp³-hybridized carbons (Fsp3) is 0. The molecule has 3 nitrogen and oxygen atoms in total. The monoisotopic (exact) mass is 707 g/mol. The molecular formula is C50H29NO2S. The number of anilines is 3. The summed E-state index contributed by atoms with van der Waals surface area (Å²) in [4.78, 5) is 2.39. The SMILES string of the molecule is c1ccc2c(c1)ccc1c2oc2cccc(-c3ccc(N(c4ccc5sc6ccccc6c5c4)c4cccc5oc6c7ccccc7ccc6c45)cc3)c21. The van der Waals surface area contributed by atoms with Gasteiger partial charge in [-0.3, -0.25) is 0 Å². The van der Waals surface area contributed by atoms with Crippen molar-refractivity contribution in [3.63, 3.8) is 0 Å². The number of thiophene rings is 1. The van der Waals surface area contributed by atoms with Crippen molar-refractivity contribution in [1.82, 2.24) is 0 Å². The predicted molar refractivity (Wildman–Crippen MR) is 229 cm³/mol. The number of nitrogens with zero attached hydrogens (tertiary/aromatic N) is 1. The van der Waals surface area contributed by atoms with Gasteiger partial charge in [0.1, 0.15) is 22.3 Å². The zero-order chi connectivity index (χ0) is 35.3. The van der Waals surface area contributed by atoms with E-state index < -0.39 is 0 Å². The molecule has 0 unspecified atom stereocenters. The van der Waals surface area contributed by atoms with E-state index in [2.05, 4.69) is 181 Å². The van der Waals surface area contributed by atoms with Crippen molar-refractivity contribution >= 4 is 114 Å². The minimum atomic E-state index is 0.869. The third kappa shape index (κ3) is 4.29. The van der Waals surface area contributed by atoms with Crippen LogP contribution in [-0.2, 0) is 0 Å².